The first kappa shape index (κ1) is 95.4. The first-order chi connectivity index (χ1) is 59.8. The number of urea groups is 2. The summed E-state index contributed by atoms with van der Waals surface area (Å²) in [4.78, 5) is 148. The quantitative estimate of drug-likeness (QED) is 0.0121. The molecule has 2 aliphatic heterocycles. The van der Waals surface area contributed by atoms with Crippen LogP contribution in [0.25, 0.3) is 21.5 Å². The number of aromatic hydroxyl groups is 2. The number of carbonyl (C=O) groups excluding carboxylic acids is 9. The van der Waals surface area contributed by atoms with E-state index in [9.17, 15) is 73.6 Å². The van der Waals surface area contributed by atoms with Gasteiger partial charge in [-0.1, -0.05) is 140 Å². The predicted octanol–water partition coefficient (Wildman–Crippen LogP) is 18.8. The van der Waals surface area contributed by atoms with E-state index in [1.54, 1.807) is 152 Å². The van der Waals surface area contributed by atoms with Crippen LogP contribution in [0.3, 0.4) is 0 Å². The number of esters is 2. The van der Waals surface area contributed by atoms with Crippen LogP contribution in [0.4, 0.5) is 49.4 Å². The average molecular weight is 1740 g/mol. The lowest BCUT2D eigenvalue weighted by atomic mass is 9.76. The zero-order valence-electron chi connectivity index (χ0n) is 75.2. The SMILES string of the molecule is CCC(C)(C)c1ccc(OCCCCNC(=O)c2cc(Oc3ccc([N+](=O)[O-])cc3N(C)C(=O)N3C(=O)C(C)(COC(=O)C(C)(C)C)CN3c3ccccc3)c3ccccc3c2O)c(C(C)(C)CC)c1.CCCCNC(=O)c1cc(Oc2ccc([N+](=O)[O-])cc2N(C)C(=O)N2C(=O)C(C)(COC(=O)C(C)(C)C)CN2c2ccccc2)c2c(NC(C)=O)cccc2c1O. The van der Waals surface area contributed by atoms with Crippen molar-refractivity contribution < 1.29 is 86.9 Å². The third kappa shape index (κ3) is 21.4. The topological polar surface area (TPSA) is 382 Å². The lowest BCUT2D eigenvalue weighted by Crippen LogP contribution is -2.50. The summed E-state index contributed by atoms with van der Waals surface area (Å²) in [6.45, 7) is 30.2. The molecule has 0 radical (unpaired) electrons. The minimum atomic E-state index is -1.38. The van der Waals surface area contributed by atoms with Crippen molar-refractivity contribution in [3.63, 3.8) is 0 Å². The van der Waals surface area contributed by atoms with Gasteiger partial charge in [-0.05, 0) is 165 Å². The average Bonchev–Trinajstić information content (AvgIpc) is 1.16. The number of hydrazine groups is 2. The Morgan fingerprint density at radius 1 is 0.504 bits per heavy atom. The standard InChI is InChI=1S/C55H67N5O10.C41H46N6O10/c1-12-53(6,7)36-25-27-44(42(31-36)54(8,9)13-2)68-30-20-19-29-56-48(62)41-33-46(39-23-17-18-24-40(39)47(41)61)70-45-28-26-38(60(66)67)32-43(45)57(11)51(65)59-49(63)55(10,35-69-50(64)52(3,4)5)34-58(59)37-21-15-14-16-22-37;1-8-9-20-42-36(50)29-22-33(34-28(35(29)49)16-13-17-30(34)43-25(2)48)57-32-19-18-27(47(54)55)21-31(32)44(7)39(53)46-37(51)41(6,24-56-38(52)40(3,4)5)23-45(46)26-14-11-10-12-15-26/h14-18,21-28,31-33,61H,12-13,19-20,29-30,34-35H2,1-11H3,(H,56,62);10-19,21-22,49H,8-9,20,23-24H2,1-7H3,(H,42,50)(H,43,48). The number of amides is 9. The second-order valence-electron chi connectivity index (χ2n) is 35.6. The number of para-hydroxylation sites is 2. The number of fused-ring (bicyclic) bond motifs is 2. The molecule has 2 atom stereocenters. The van der Waals surface area contributed by atoms with E-state index in [0.717, 1.165) is 63.0 Å². The Balaban J connectivity index is 0.000000270. The molecule has 2 fully saturated rings. The summed E-state index contributed by atoms with van der Waals surface area (Å²) in [6, 6.07) is 43.3. The van der Waals surface area contributed by atoms with Crippen molar-refractivity contribution in [1.29, 1.82) is 0 Å². The Morgan fingerprint density at radius 3 is 1.39 bits per heavy atom. The van der Waals surface area contributed by atoms with Gasteiger partial charge in [0.05, 0.1) is 85.3 Å². The molecule has 0 bridgehead atoms. The van der Waals surface area contributed by atoms with Crippen molar-refractivity contribution in [2.24, 2.45) is 21.7 Å². The van der Waals surface area contributed by atoms with Crippen LogP contribution >= 0.6 is 0 Å². The molecule has 9 aromatic rings. The second-order valence-corrected chi connectivity index (χ2v) is 35.6. The monoisotopic (exact) mass is 1740 g/mol. The van der Waals surface area contributed by atoms with Crippen LogP contribution in [-0.2, 0) is 44.3 Å². The molecule has 0 spiro atoms. The first-order valence-electron chi connectivity index (χ1n) is 42.1. The number of phenols is 2. The van der Waals surface area contributed by atoms with E-state index in [1.807, 2.05) is 6.92 Å². The van der Waals surface area contributed by atoms with Gasteiger partial charge in [0.1, 0.15) is 52.8 Å². The molecule has 127 heavy (non-hydrogen) atoms. The zero-order chi connectivity index (χ0) is 93.2. The van der Waals surface area contributed by atoms with Gasteiger partial charge in [-0.2, -0.15) is 10.0 Å². The molecule has 9 aromatic carbocycles. The fourth-order valence-electron chi connectivity index (χ4n) is 14.2. The zero-order valence-corrected chi connectivity index (χ0v) is 75.2. The van der Waals surface area contributed by atoms with Gasteiger partial charge in [0, 0.05) is 80.1 Å². The van der Waals surface area contributed by atoms with E-state index in [1.165, 1.54) is 78.6 Å². The number of nitrogens with one attached hydrogen (secondary N) is 3. The van der Waals surface area contributed by atoms with E-state index < -0.39 is 90.7 Å². The number of non-ortho nitro benzene ring substituents is 2. The van der Waals surface area contributed by atoms with Crippen molar-refractivity contribution in [2.45, 2.75) is 160 Å². The van der Waals surface area contributed by atoms with E-state index in [2.05, 4.69) is 75.7 Å². The Morgan fingerprint density at radius 2 is 0.937 bits per heavy atom. The highest BCUT2D eigenvalue weighted by Gasteiger charge is 2.55. The van der Waals surface area contributed by atoms with Crippen molar-refractivity contribution in [2.75, 3.05) is 85.2 Å². The van der Waals surface area contributed by atoms with Crippen molar-refractivity contribution in [3.05, 3.63) is 212 Å². The second kappa shape index (κ2) is 39.1. The van der Waals surface area contributed by atoms with E-state index in [4.69, 9.17) is 23.7 Å². The molecule has 2 heterocycles. The molecule has 0 aromatic heterocycles. The van der Waals surface area contributed by atoms with E-state index in [-0.39, 0.29) is 123 Å². The maximum atomic E-state index is 14.7. The summed E-state index contributed by atoms with van der Waals surface area (Å²) in [5.41, 5.74) is -2.07. The minimum Gasteiger partial charge on any atom is -0.506 e. The number of nitro groups is 2. The molecule has 9 amide bonds. The lowest BCUT2D eigenvalue weighted by molar-refractivity contribution is -0.385. The Labute approximate surface area is 738 Å². The number of unbranched alkanes of at least 4 members (excludes halogenated alkanes) is 2. The van der Waals surface area contributed by atoms with E-state index >= 15 is 0 Å². The molecule has 11 rings (SSSR count). The molecule has 5 N–H and O–H groups in total. The van der Waals surface area contributed by atoms with Gasteiger partial charge in [-0.15, -0.1) is 0 Å². The largest absolute Gasteiger partial charge is 0.506 e. The lowest BCUT2D eigenvalue weighted by Gasteiger charge is -2.31. The number of carbonyl (C=O) groups is 9. The summed E-state index contributed by atoms with van der Waals surface area (Å²) in [5.74, 6) is -3.88. The fraction of sp³-hybridized carbons (Fsp3) is 0.385. The van der Waals surface area contributed by atoms with Crippen LogP contribution in [0.2, 0.25) is 0 Å². The number of hydrogen-bond acceptors (Lipinski definition) is 22. The van der Waals surface area contributed by atoms with Crippen LogP contribution in [0.1, 0.15) is 181 Å². The number of phenolic OH excluding ortho intramolecular Hbond substituents is 2. The molecule has 672 valence electrons. The summed E-state index contributed by atoms with van der Waals surface area (Å²) in [6.07, 6.45) is 4.69. The van der Waals surface area contributed by atoms with Crippen molar-refractivity contribution in [3.8, 4) is 40.2 Å². The normalized spacial score (nSPS) is 15.3. The number of ether oxygens (including phenoxy) is 5. The summed E-state index contributed by atoms with van der Waals surface area (Å²) in [5, 5.41) is 61.2. The van der Waals surface area contributed by atoms with Crippen LogP contribution in [0.15, 0.2) is 170 Å². The predicted molar refractivity (Wildman–Crippen MR) is 485 cm³/mol. The van der Waals surface area contributed by atoms with Crippen LogP contribution in [0, 0.1) is 41.9 Å². The number of rotatable bonds is 30. The van der Waals surface area contributed by atoms with Gasteiger partial charge in [-0.3, -0.25) is 73.6 Å². The maximum Gasteiger partial charge on any atom is 0.350 e. The van der Waals surface area contributed by atoms with E-state index in [0.29, 0.717) is 54.6 Å². The fourth-order valence-corrected chi connectivity index (χ4v) is 14.2. The summed E-state index contributed by atoms with van der Waals surface area (Å²) in [7, 11) is 2.66. The number of anilines is 5. The highest BCUT2D eigenvalue weighted by atomic mass is 16.6. The number of nitro benzene ring substituents is 2. The highest BCUT2D eigenvalue weighted by molar-refractivity contribution is 6.13. The molecule has 0 saturated carbocycles. The smallest absolute Gasteiger partial charge is 0.350 e. The van der Waals surface area contributed by atoms with Gasteiger partial charge in [0.2, 0.25) is 5.91 Å². The van der Waals surface area contributed by atoms with Crippen molar-refractivity contribution in [1.82, 2.24) is 20.7 Å². The van der Waals surface area contributed by atoms with Crippen LogP contribution in [-0.4, -0.2) is 144 Å². The number of hydrogen-bond donors (Lipinski definition) is 5. The Hall–Kier alpha value is -13.9. The molecule has 31 nitrogen and oxygen atoms in total. The molecular weight excluding hydrogens is 1630 g/mol. The highest BCUT2D eigenvalue weighted by Crippen LogP contribution is 2.48. The third-order valence-electron chi connectivity index (χ3n) is 22.7. The Bertz CT molecular complexity index is 5690. The third-order valence-corrected chi connectivity index (χ3v) is 22.7. The molecule has 31 heteroatoms. The van der Waals surface area contributed by atoms with Crippen molar-refractivity contribution >= 4 is 115 Å². The van der Waals surface area contributed by atoms with Gasteiger partial charge < -0.3 is 49.8 Å². The molecule has 2 unspecified atom stereocenters. The molecule has 2 saturated heterocycles. The summed E-state index contributed by atoms with van der Waals surface area (Å²) >= 11 is 0. The summed E-state index contributed by atoms with van der Waals surface area (Å²) < 4.78 is 30.5. The molecular formula is C96H113N11O20. The number of benzene rings is 9. The number of imide groups is 2. The molecule has 2 aliphatic rings. The van der Waals surface area contributed by atoms with Gasteiger partial charge in [0.25, 0.3) is 35.0 Å². The van der Waals surface area contributed by atoms with Gasteiger partial charge in [0.15, 0.2) is 11.5 Å². The number of nitrogens with zero attached hydrogens (tertiary/aromatic N) is 8. The van der Waals surface area contributed by atoms with Gasteiger partial charge >= 0.3 is 24.0 Å². The first-order valence-corrected chi connectivity index (χ1v) is 42.1. The van der Waals surface area contributed by atoms with Crippen LogP contribution < -0.4 is 50.0 Å². The van der Waals surface area contributed by atoms with Gasteiger partial charge in [-0.25, -0.2) is 9.59 Å². The molecule has 0 aliphatic carbocycles. The Kier molecular flexibility index (Phi) is 29.4. The minimum absolute atomic E-state index is 0.0300. The maximum absolute atomic E-state index is 14.7. The van der Waals surface area contributed by atoms with Crippen LogP contribution in [0.5, 0.6) is 40.2 Å².